The first-order valence-corrected chi connectivity index (χ1v) is 6.27. The van der Waals surface area contributed by atoms with Crippen molar-refractivity contribution in [2.45, 2.75) is 33.1 Å². The Morgan fingerprint density at radius 2 is 1.89 bits per heavy atom. The zero-order chi connectivity index (χ0) is 13.4. The maximum Gasteiger partial charge on any atom is 0.181 e. The van der Waals surface area contributed by atoms with E-state index in [0.29, 0.717) is 12.1 Å². The van der Waals surface area contributed by atoms with Gasteiger partial charge >= 0.3 is 0 Å². The molecule has 0 heterocycles. The van der Waals surface area contributed by atoms with Crippen LogP contribution >= 0.6 is 0 Å². The summed E-state index contributed by atoms with van der Waals surface area (Å²) in [5, 5.41) is 3.26. The summed E-state index contributed by atoms with van der Waals surface area (Å²) in [4.78, 5) is 11.8. The molecular formula is C14H21N3O. The Morgan fingerprint density at radius 1 is 1.22 bits per heavy atom. The summed E-state index contributed by atoms with van der Waals surface area (Å²) in [7, 11) is 0. The molecule has 0 spiro atoms. The van der Waals surface area contributed by atoms with Gasteiger partial charge in [0, 0.05) is 17.8 Å². The number of nitrogens with two attached hydrogens (primary N) is 1. The molecule has 0 atom stereocenters. The predicted octanol–water partition coefficient (Wildman–Crippen LogP) is 2.55. The number of para-hydroxylation sites is 1. The molecule has 0 fully saturated rings. The standard InChI is InChI=1S/C14H21N3O/c1-3-8-12(14(17-15)13(18)4-2)16-11-9-6-5-7-10-11/h5-7,9-10,16-17H,3-4,8,15H2,1-2H3/b14-12-. The summed E-state index contributed by atoms with van der Waals surface area (Å²) in [6, 6.07) is 9.76. The topological polar surface area (TPSA) is 67.2 Å². The molecule has 0 saturated heterocycles. The number of hydrogen-bond donors (Lipinski definition) is 3. The van der Waals surface area contributed by atoms with E-state index in [9.17, 15) is 4.79 Å². The van der Waals surface area contributed by atoms with Gasteiger partial charge in [0.2, 0.25) is 0 Å². The number of hydrazine groups is 1. The van der Waals surface area contributed by atoms with Crippen LogP contribution in [0.5, 0.6) is 0 Å². The molecule has 0 aliphatic rings. The summed E-state index contributed by atoms with van der Waals surface area (Å²) >= 11 is 0. The number of rotatable bonds is 7. The maximum absolute atomic E-state index is 11.8. The molecule has 0 aliphatic heterocycles. The summed E-state index contributed by atoms with van der Waals surface area (Å²) in [6.45, 7) is 3.89. The Bertz CT molecular complexity index is 412. The molecule has 18 heavy (non-hydrogen) atoms. The number of benzene rings is 1. The Morgan fingerprint density at radius 3 is 2.39 bits per heavy atom. The highest BCUT2D eigenvalue weighted by molar-refractivity contribution is 5.95. The van der Waals surface area contributed by atoms with E-state index < -0.39 is 0 Å². The van der Waals surface area contributed by atoms with E-state index in [-0.39, 0.29) is 5.78 Å². The van der Waals surface area contributed by atoms with Gasteiger partial charge in [-0.05, 0) is 18.6 Å². The second kappa shape index (κ2) is 7.50. The van der Waals surface area contributed by atoms with E-state index in [2.05, 4.69) is 17.7 Å². The van der Waals surface area contributed by atoms with Gasteiger partial charge in [-0.25, -0.2) is 0 Å². The van der Waals surface area contributed by atoms with Crippen molar-refractivity contribution in [3.63, 3.8) is 0 Å². The number of carbonyl (C=O) groups is 1. The van der Waals surface area contributed by atoms with Crippen molar-refractivity contribution in [2.75, 3.05) is 5.32 Å². The highest BCUT2D eigenvalue weighted by Crippen LogP contribution is 2.16. The van der Waals surface area contributed by atoms with Gasteiger partial charge in [0.1, 0.15) is 5.70 Å². The third kappa shape index (κ3) is 3.89. The monoisotopic (exact) mass is 247 g/mol. The van der Waals surface area contributed by atoms with E-state index in [1.807, 2.05) is 37.3 Å². The van der Waals surface area contributed by atoms with Crippen molar-refractivity contribution >= 4 is 11.5 Å². The lowest BCUT2D eigenvalue weighted by Gasteiger charge is -2.15. The second-order valence-corrected chi connectivity index (χ2v) is 4.02. The minimum Gasteiger partial charge on any atom is -0.357 e. The zero-order valence-corrected chi connectivity index (χ0v) is 11.0. The van der Waals surface area contributed by atoms with Crippen LogP contribution in [-0.2, 0) is 4.79 Å². The quantitative estimate of drug-likeness (QED) is 0.393. The predicted molar refractivity (Wildman–Crippen MR) is 74.6 cm³/mol. The third-order valence-corrected chi connectivity index (χ3v) is 2.62. The number of ketones is 1. The SMILES string of the molecule is CCC/C(Nc1ccccc1)=C(/NN)C(=O)CC. The fourth-order valence-corrected chi connectivity index (χ4v) is 1.71. The molecule has 1 rings (SSSR count). The van der Waals surface area contributed by atoms with Crippen LogP contribution in [0.4, 0.5) is 5.69 Å². The van der Waals surface area contributed by atoms with Gasteiger partial charge in [-0.2, -0.15) is 0 Å². The molecule has 0 bridgehead atoms. The number of allylic oxidation sites excluding steroid dienone is 2. The first kappa shape index (κ1) is 14.3. The number of anilines is 1. The molecule has 98 valence electrons. The highest BCUT2D eigenvalue weighted by atomic mass is 16.1. The molecular weight excluding hydrogens is 226 g/mol. The van der Waals surface area contributed by atoms with Crippen LogP contribution in [0.15, 0.2) is 41.7 Å². The van der Waals surface area contributed by atoms with Crippen LogP contribution in [0.1, 0.15) is 33.1 Å². The summed E-state index contributed by atoms with van der Waals surface area (Å²) in [6.07, 6.45) is 2.15. The van der Waals surface area contributed by atoms with Crippen LogP contribution < -0.4 is 16.6 Å². The fraction of sp³-hybridized carbons (Fsp3) is 0.357. The number of Topliss-reactive ketones (excluding diaryl/α,β-unsaturated/α-hetero) is 1. The molecule has 0 saturated carbocycles. The molecule has 0 aromatic heterocycles. The molecule has 1 aromatic rings. The van der Waals surface area contributed by atoms with E-state index in [4.69, 9.17) is 5.84 Å². The molecule has 4 nitrogen and oxygen atoms in total. The van der Waals surface area contributed by atoms with Gasteiger partial charge in [0.15, 0.2) is 5.78 Å². The Kier molecular flexibility index (Phi) is 5.94. The van der Waals surface area contributed by atoms with Crippen molar-refractivity contribution in [2.24, 2.45) is 5.84 Å². The molecule has 0 unspecified atom stereocenters. The van der Waals surface area contributed by atoms with Crippen LogP contribution in [0.3, 0.4) is 0 Å². The van der Waals surface area contributed by atoms with Gasteiger partial charge in [-0.1, -0.05) is 38.5 Å². The lowest BCUT2D eigenvalue weighted by atomic mass is 10.1. The Hall–Kier alpha value is -1.81. The van der Waals surface area contributed by atoms with Crippen LogP contribution in [0.25, 0.3) is 0 Å². The van der Waals surface area contributed by atoms with Crippen molar-refractivity contribution in [3.05, 3.63) is 41.7 Å². The Balaban J connectivity index is 3.00. The van der Waals surface area contributed by atoms with Crippen molar-refractivity contribution in [1.29, 1.82) is 0 Å². The maximum atomic E-state index is 11.8. The average Bonchev–Trinajstić information content (AvgIpc) is 2.40. The van der Waals surface area contributed by atoms with Gasteiger partial charge in [0.05, 0.1) is 0 Å². The third-order valence-electron chi connectivity index (χ3n) is 2.62. The van der Waals surface area contributed by atoms with Crippen LogP contribution in [-0.4, -0.2) is 5.78 Å². The van der Waals surface area contributed by atoms with Gasteiger partial charge in [-0.3, -0.25) is 10.6 Å². The van der Waals surface area contributed by atoms with Gasteiger partial charge in [-0.15, -0.1) is 0 Å². The first-order chi connectivity index (χ1) is 8.72. The number of carbonyl (C=O) groups excluding carboxylic acids is 1. The molecule has 0 aliphatic carbocycles. The van der Waals surface area contributed by atoms with Crippen molar-refractivity contribution < 1.29 is 4.79 Å². The second-order valence-electron chi connectivity index (χ2n) is 4.02. The summed E-state index contributed by atoms with van der Waals surface area (Å²) < 4.78 is 0. The zero-order valence-electron chi connectivity index (χ0n) is 11.0. The normalized spacial score (nSPS) is 11.7. The molecule has 0 radical (unpaired) electrons. The smallest absolute Gasteiger partial charge is 0.181 e. The molecule has 0 amide bonds. The number of nitrogens with one attached hydrogen (secondary N) is 2. The van der Waals surface area contributed by atoms with Crippen LogP contribution in [0, 0.1) is 0 Å². The van der Waals surface area contributed by atoms with E-state index in [0.717, 1.165) is 24.2 Å². The van der Waals surface area contributed by atoms with Crippen molar-refractivity contribution in [1.82, 2.24) is 5.43 Å². The average molecular weight is 247 g/mol. The van der Waals surface area contributed by atoms with E-state index in [1.165, 1.54) is 0 Å². The first-order valence-electron chi connectivity index (χ1n) is 6.27. The van der Waals surface area contributed by atoms with Gasteiger partial charge in [0.25, 0.3) is 0 Å². The molecule has 4 N–H and O–H groups in total. The number of hydrogen-bond acceptors (Lipinski definition) is 4. The largest absolute Gasteiger partial charge is 0.357 e. The highest BCUT2D eigenvalue weighted by Gasteiger charge is 2.12. The van der Waals surface area contributed by atoms with E-state index in [1.54, 1.807) is 0 Å². The minimum absolute atomic E-state index is 0.0179. The Labute approximate surface area is 108 Å². The van der Waals surface area contributed by atoms with Gasteiger partial charge < -0.3 is 10.7 Å². The summed E-state index contributed by atoms with van der Waals surface area (Å²) in [5.74, 6) is 5.48. The van der Waals surface area contributed by atoms with Crippen molar-refractivity contribution in [3.8, 4) is 0 Å². The summed E-state index contributed by atoms with van der Waals surface area (Å²) in [5.41, 5.74) is 4.80. The lowest BCUT2D eigenvalue weighted by Crippen LogP contribution is -2.29. The molecule has 4 heteroatoms. The van der Waals surface area contributed by atoms with Crippen LogP contribution in [0.2, 0.25) is 0 Å². The lowest BCUT2D eigenvalue weighted by molar-refractivity contribution is -0.115. The minimum atomic E-state index is 0.0179. The molecule has 1 aromatic carbocycles. The fourth-order valence-electron chi connectivity index (χ4n) is 1.71. The van der Waals surface area contributed by atoms with E-state index >= 15 is 0 Å².